The molecule has 0 bridgehead atoms. The van der Waals surface area contributed by atoms with Gasteiger partial charge < -0.3 is 5.11 Å². The number of nitrogens with zero attached hydrogens (tertiary/aromatic N) is 3. The van der Waals surface area contributed by atoms with Crippen molar-refractivity contribution < 1.29 is 5.11 Å². The van der Waals surface area contributed by atoms with Crippen molar-refractivity contribution in [3.63, 3.8) is 0 Å². The van der Waals surface area contributed by atoms with Crippen molar-refractivity contribution in [3.05, 3.63) is 46.2 Å². The maximum atomic E-state index is 10.3. The summed E-state index contributed by atoms with van der Waals surface area (Å²) in [5.74, 6) is 0. The second-order valence-electron chi connectivity index (χ2n) is 4.20. The van der Waals surface area contributed by atoms with E-state index in [0.29, 0.717) is 10.7 Å². The number of fused-ring (bicyclic) bond motifs is 1. The van der Waals surface area contributed by atoms with Gasteiger partial charge in [-0.15, -0.1) is 5.10 Å². The average Bonchev–Trinajstić information content (AvgIpc) is 2.90. The van der Waals surface area contributed by atoms with Crippen LogP contribution in [0.1, 0.15) is 29.5 Å². The first-order valence-corrected chi connectivity index (χ1v) is 5.99. The fraction of sp³-hybridized carbons (Fsp3) is 0.333. The van der Waals surface area contributed by atoms with E-state index in [-0.39, 0.29) is 0 Å². The lowest BCUT2D eigenvalue weighted by atomic mass is 10.0. The number of aliphatic hydroxyl groups excluding tert-OH is 1. The highest BCUT2D eigenvalue weighted by atomic mass is 35.5. The molecule has 3 rings (SSSR count). The number of aliphatic hydroxyl groups is 1. The van der Waals surface area contributed by atoms with Gasteiger partial charge in [-0.3, -0.25) is 0 Å². The monoisotopic (exact) mass is 249 g/mol. The maximum absolute atomic E-state index is 10.3. The highest BCUT2D eigenvalue weighted by Crippen LogP contribution is 2.27. The van der Waals surface area contributed by atoms with Crippen molar-refractivity contribution in [1.82, 2.24) is 15.0 Å². The van der Waals surface area contributed by atoms with Crippen LogP contribution in [-0.4, -0.2) is 20.1 Å². The van der Waals surface area contributed by atoms with Gasteiger partial charge in [0.2, 0.25) is 0 Å². The van der Waals surface area contributed by atoms with Crippen LogP contribution in [0.2, 0.25) is 5.02 Å². The minimum atomic E-state index is -0.714. The largest absolute Gasteiger partial charge is 0.382 e. The molecule has 5 heteroatoms. The molecule has 0 saturated heterocycles. The molecule has 0 amide bonds. The molecular weight excluding hydrogens is 238 g/mol. The minimum Gasteiger partial charge on any atom is -0.382 e. The van der Waals surface area contributed by atoms with Crippen molar-refractivity contribution in [2.75, 3.05) is 0 Å². The molecule has 88 valence electrons. The molecule has 0 fully saturated rings. The van der Waals surface area contributed by atoms with Crippen LogP contribution in [0.4, 0.5) is 0 Å². The molecule has 1 aromatic heterocycles. The third-order valence-electron chi connectivity index (χ3n) is 3.10. The van der Waals surface area contributed by atoms with Gasteiger partial charge in [0.15, 0.2) is 0 Å². The number of aryl methyl sites for hydroxylation is 1. The Morgan fingerprint density at radius 2 is 2.06 bits per heavy atom. The van der Waals surface area contributed by atoms with Crippen LogP contribution in [0.25, 0.3) is 0 Å². The molecule has 2 aromatic rings. The van der Waals surface area contributed by atoms with Gasteiger partial charge in [-0.25, -0.2) is 4.68 Å². The number of hydrogen-bond acceptors (Lipinski definition) is 3. The van der Waals surface area contributed by atoms with Gasteiger partial charge in [-0.1, -0.05) is 28.9 Å². The highest BCUT2D eigenvalue weighted by molar-refractivity contribution is 6.30. The molecule has 17 heavy (non-hydrogen) atoms. The predicted octanol–water partition coefficient (Wildman–Crippen LogP) is 1.96. The topological polar surface area (TPSA) is 50.9 Å². The van der Waals surface area contributed by atoms with Gasteiger partial charge in [-0.05, 0) is 30.5 Å². The summed E-state index contributed by atoms with van der Waals surface area (Å²) in [6.45, 7) is 0.898. The number of rotatable bonds is 2. The van der Waals surface area contributed by atoms with Gasteiger partial charge >= 0.3 is 0 Å². The minimum absolute atomic E-state index is 0.661. The number of aromatic nitrogens is 3. The first kappa shape index (κ1) is 10.7. The zero-order valence-corrected chi connectivity index (χ0v) is 9.93. The lowest BCUT2D eigenvalue weighted by Gasteiger charge is -2.09. The quantitative estimate of drug-likeness (QED) is 0.885. The van der Waals surface area contributed by atoms with Gasteiger partial charge in [0, 0.05) is 11.6 Å². The number of halogens is 1. The third kappa shape index (κ3) is 1.83. The molecule has 0 saturated carbocycles. The Hall–Kier alpha value is -1.39. The SMILES string of the molecule is OC(c1ccc(Cl)cc1)c1nnn2c1CCC2. The Morgan fingerprint density at radius 1 is 1.29 bits per heavy atom. The maximum Gasteiger partial charge on any atom is 0.125 e. The van der Waals surface area contributed by atoms with E-state index in [1.807, 2.05) is 16.8 Å². The van der Waals surface area contributed by atoms with Crippen LogP contribution < -0.4 is 0 Å². The Balaban J connectivity index is 1.95. The second-order valence-corrected chi connectivity index (χ2v) is 4.64. The molecule has 0 aliphatic carbocycles. The van der Waals surface area contributed by atoms with Crippen LogP contribution in [0.3, 0.4) is 0 Å². The van der Waals surface area contributed by atoms with Crippen molar-refractivity contribution in [1.29, 1.82) is 0 Å². The van der Waals surface area contributed by atoms with Crippen molar-refractivity contribution in [2.24, 2.45) is 0 Å². The van der Waals surface area contributed by atoms with Gasteiger partial charge in [0.25, 0.3) is 0 Å². The molecule has 2 heterocycles. The van der Waals surface area contributed by atoms with E-state index in [9.17, 15) is 5.11 Å². The Labute approximate surface area is 104 Å². The zero-order valence-electron chi connectivity index (χ0n) is 9.17. The molecule has 0 spiro atoms. The van der Waals surface area contributed by atoms with E-state index in [0.717, 1.165) is 30.6 Å². The molecule has 1 atom stereocenters. The average molecular weight is 250 g/mol. The van der Waals surface area contributed by atoms with E-state index in [1.165, 1.54) is 0 Å². The van der Waals surface area contributed by atoms with Crippen LogP contribution in [0.5, 0.6) is 0 Å². The number of hydrogen-bond donors (Lipinski definition) is 1. The normalized spacial score (nSPS) is 15.9. The van der Waals surface area contributed by atoms with Gasteiger partial charge in [0.1, 0.15) is 11.8 Å². The summed E-state index contributed by atoms with van der Waals surface area (Å²) in [5.41, 5.74) is 2.52. The van der Waals surface area contributed by atoms with Crippen LogP contribution >= 0.6 is 11.6 Å². The van der Waals surface area contributed by atoms with Crippen LogP contribution in [0, 0.1) is 0 Å². The lowest BCUT2D eigenvalue weighted by molar-refractivity contribution is 0.214. The molecule has 4 nitrogen and oxygen atoms in total. The van der Waals surface area contributed by atoms with Crippen molar-refractivity contribution in [2.45, 2.75) is 25.5 Å². The summed E-state index contributed by atoms with van der Waals surface area (Å²) in [4.78, 5) is 0. The van der Waals surface area contributed by atoms with E-state index in [1.54, 1.807) is 12.1 Å². The summed E-state index contributed by atoms with van der Waals surface area (Å²) in [7, 11) is 0. The van der Waals surface area contributed by atoms with Gasteiger partial charge in [-0.2, -0.15) is 0 Å². The molecule has 1 aliphatic rings. The first-order chi connectivity index (χ1) is 8.25. The molecule has 0 radical (unpaired) electrons. The summed E-state index contributed by atoms with van der Waals surface area (Å²) in [6.07, 6.45) is 1.30. The number of benzene rings is 1. The molecule has 1 N–H and O–H groups in total. The van der Waals surface area contributed by atoms with Crippen molar-refractivity contribution in [3.8, 4) is 0 Å². The summed E-state index contributed by atoms with van der Waals surface area (Å²) in [6, 6.07) is 7.16. The lowest BCUT2D eigenvalue weighted by Crippen LogP contribution is -2.03. The van der Waals surface area contributed by atoms with E-state index in [4.69, 9.17) is 11.6 Å². The Kier molecular flexibility index (Phi) is 2.61. The Morgan fingerprint density at radius 3 is 2.82 bits per heavy atom. The standard InChI is InChI=1S/C12H12ClN3O/c13-9-5-3-8(4-6-9)12(17)11-10-2-1-7-16(10)15-14-11/h3-6,12,17H,1-2,7H2. The molecule has 1 aromatic carbocycles. The fourth-order valence-corrected chi connectivity index (χ4v) is 2.32. The van der Waals surface area contributed by atoms with Gasteiger partial charge in [0.05, 0.1) is 5.69 Å². The van der Waals surface area contributed by atoms with Crippen molar-refractivity contribution >= 4 is 11.6 Å². The summed E-state index contributed by atoms with van der Waals surface area (Å²) in [5, 5.41) is 19.0. The van der Waals surface area contributed by atoms with E-state index < -0.39 is 6.10 Å². The van der Waals surface area contributed by atoms with E-state index >= 15 is 0 Å². The summed E-state index contributed by atoms with van der Waals surface area (Å²) >= 11 is 5.82. The molecular formula is C12H12ClN3O. The fourth-order valence-electron chi connectivity index (χ4n) is 2.19. The third-order valence-corrected chi connectivity index (χ3v) is 3.35. The predicted molar refractivity (Wildman–Crippen MR) is 63.9 cm³/mol. The van der Waals surface area contributed by atoms with Crippen LogP contribution in [-0.2, 0) is 13.0 Å². The molecule has 1 unspecified atom stereocenters. The second kappa shape index (κ2) is 4.13. The highest BCUT2D eigenvalue weighted by Gasteiger charge is 2.24. The van der Waals surface area contributed by atoms with E-state index in [2.05, 4.69) is 10.3 Å². The Bertz CT molecular complexity index is 535. The smallest absolute Gasteiger partial charge is 0.125 e. The first-order valence-electron chi connectivity index (χ1n) is 5.61. The zero-order chi connectivity index (χ0) is 11.8. The van der Waals surface area contributed by atoms with Crippen LogP contribution in [0.15, 0.2) is 24.3 Å². The molecule has 1 aliphatic heterocycles. The summed E-state index contributed by atoms with van der Waals surface area (Å²) < 4.78 is 1.87.